The standard InChI is InChI=1S/C14H22FNO2/c1-11(2)10-18-7-6-16-9-12-4-5-14(17-3)13(15)8-12/h4-5,8,11,16H,6-7,9-10H2,1-3H3. The van der Waals surface area contributed by atoms with Crippen molar-refractivity contribution in [2.75, 3.05) is 26.9 Å². The van der Waals surface area contributed by atoms with E-state index in [9.17, 15) is 4.39 Å². The van der Waals surface area contributed by atoms with Crippen LogP contribution in [0.25, 0.3) is 0 Å². The van der Waals surface area contributed by atoms with Gasteiger partial charge in [0.25, 0.3) is 0 Å². The summed E-state index contributed by atoms with van der Waals surface area (Å²) in [6, 6.07) is 4.98. The summed E-state index contributed by atoms with van der Waals surface area (Å²) < 4.78 is 23.7. The highest BCUT2D eigenvalue weighted by Crippen LogP contribution is 2.17. The van der Waals surface area contributed by atoms with Crippen molar-refractivity contribution >= 4 is 0 Å². The van der Waals surface area contributed by atoms with E-state index in [0.29, 0.717) is 19.1 Å². The molecule has 0 amide bonds. The Morgan fingerprint density at radius 2 is 2.11 bits per heavy atom. The first-order valence-corrected chi connectivity index (χ1v) is 6.24. The van der Waals surface area contributed by atoms with Crippen molar-refractivity contribution in [1.82, 2.24) is 5.32 Å². The molecule has 0 atom stereocenters. The minimum atomic E-state index is -0.326. The fourth-order valence-electron chi connectivity index (χ4n) is 1.52. The van der Waals surface area contributed by atoms with Gasteiger partial charge < -0.3 is 14.8 Å². The van der Waals surface area contributed by atoms with Crippen LogP contribution >= 0.6 is 0 Å². The zero-order chi connectivity index (χ0) is 13.4. The molecule has 1 aromatic rings. The Bertz CT molecular complexity index is 356. The van der Waals surface area contributed by atoms with E-state index < -0.39 is 0 Å². The predicted molar refractivity (Wildman–Crippen MR) is 70.3 cm³/mol. The minimum absolute atomic E-state index is 0.277. The van der Waals surface area contributed by atoms with Gasteiger partial charge in [0.1, 0.15) is 0 Å². The Labute approximate surface area is 108 Å². The third kappa shape index (κ3) is 5.47. The van der Waals surface area contributed by atoms with Crippen molar-refractivity contribution < 1.29 is 13.9 Å². The fourth-order valence-corrected chi connectivity index (χ4v) is 1.52. The summed E-state index contributed by atoms with van der Waals surface area (Å²) in [6.07, 6.45) is 0. The fraction of sp³-hybridized carbons (Fsp3) is 0.571. The van der Waals surface area contributed by atoms with Crippen LogP contribution in [-0.4, -0.2) is 26.9 Å². The monoisotopic (exact) mass is 255 g/mol. The topological polar surface area (TPSA) is 30.5 Å². The van der Waals surface area contributed by atoms with Crippen LogP contribution in [0.4, 0.5) is 4.39 Å². The van der Waals surface area contributed by atoms with Crippen molar-refractivity contribution in [3.8, 4) is 5.75 Å². The number of ether oxygens (including phenoxy) is 2. The van der Waals surface area contributed by atoms with Crippen molar-refractivity contribution in [2.45, 2.75) is 20.4 Å². The lowest BCUT2D eigenvalue weighted by Crippen LogP contribution is -2.20. The molecule has 18 heavy (non-hydrogen) atoms. The van der Waals surface area contributed by atoms with E-state index in [1.54, 1.807) is 6.07 Å². The second-order valence-corrected chi connectivity index (χ2v) is 4.61. The van der Waals surface area contributed by atoms with Gasteiger partial charge in [-0.3, -0.25) is 0 Å². The second-order valence-electron chi connectivity index (χ2n) is 4.61. The maximum Gasteiger partial charge on any atom is 0.165 e. The molecule has 1 N–H and O–H groups in total. The molecule has 1 aromatic carbocycles. The maximum atomic E-state index is 13.4. The molecule has 0 heterocycles. The van der Waals surface area contributed by atoms with Gasteiger partial charge in [0.05, 0.1) is 13.7 Å². The number of nitrogens with one attached hydrogen (secondary N) is 1. The molecule has 0 saturated heterocycles. The van der Waals surface area contributed by atoms with E-state index in [1.807, 2.05) is 6.07 Å². The van der Waals surface area contributed by atoms with Gasteiger partial charge in [0.15, 0.2) is 11.6 Å². The Kier molecular flexibility index (Phi) is 6.68. The summed E-state index contributed by atoms with van der Waals surface area (Å²) in [5.41, 5.74) is 0.900. The molecule has 3 nitrogen and oxygen atoms in total. The molecule has 0 fully saturated rings. The minimum Gasteiger partial charge on any atom is -0.494 e. The van der Waals surface area contributed by atoms with Crippen LogP contribution in [0.2, 0.25) is 0 Å². The molecule has 102 valence electrons. The molecule has 0 radical (unpaired) electrons. The second kappa shape index (κ2) is 8.06. The normalized spacial score (nSPS) is 10.9. The maximum absolute atomic E-state index is 13.4. The van der Waals surface area contributed by atoms with Crippen LogP contribution in [0.5, 0.6) is 5.75 Å². The highest BCUT2D eigenvalue weighted by molar-refractivity contribution is 5.29. The zero-order valence-corrected chi connectivity index (χ0v) is 11.3. The highest BCUT2D eigenvalue weighted by Gasteiger charge is 2.02. The van der Waals surface area contributed by atoms with Gasteiger partial charge in [-0.2, -0.15) is 0 Å². The van der Waals surface area contributed by atoms with E-state index in [-0.39, 0.29) is 11.6 Å². The number of rotatable bonds is 8. The Balaban J connectivity index is 2.21. The summed E-state index contributed by atoms with van der Waals surface area (Å²) in [6.45, 7) is 7.09. The predicted octanol–water partition coefficient (Wildman–Crippen LogP) is 2.60. The van der Waals surface area contributed by atoms with Crippen molar-refractivity contribution in [1.29, 1.82) is 0 Å². The summed E-state index contributed by atoms with van der Waals surface area (Å²) in [4.78, 5) is 0. The third-order valence-corrected chi connectivity index (χ3v) is 2.42. The largest absolute Gasteiger partial charge is 0.494 e. The van der Waals surface area contributed by atoms with Crippen molar-refractivity contribution in [2.24, 2.45) is 5.92 Å². The molecular weight excluding hydrogens is 233 g/mol. The molecule has 0 spiro atoms. The number of hydrogen-bond acceptors (Lipinski definition) is 3. The van der Waals surface area contributed by atoms with E-state index in [1.165, 1.54) is 13.2 Å². The summed E-state index contributed by atoms with van der Waals surface area (Å²) in [7, 11) is 1.46. The van der Waals surface area contributed by atoms with Gasteiger partial charge >= 0.3 is 0 Å². The quantitative estimate of drug-likeness (QED) is 0.724. The van der Waals surface area contributed by atoms with Gasteiger partial charge in [-0.05, 0) is 23.6 Å². The molecule has 0 saturated carbocycles. The molecule has 0 aliphatic rings. The SMILES string of the molecule is COc1ccc(CNCCOCC(C)C)cc1F. The lowest BCUT2D eigenvalue weighted by atomic mass is 10.2. The van der Waals surface area contributed by atoms with E-state index in [0.717, 1.165) is 18.7 Å². The molecule has 0 unspecified atom stereocenters. The van der Waals surface area contributed by atoms with Crippen molar-refractivity contribution in [3.63, 3.8) is 0 Å². The summed E-state index contributed by atoms with van der Waals surface area (Å²) in [5, 5.41) is 3.21. The smallest absolute Gasteiger partial charge is 0.165 e. The molecule has 1 rings (SSSR count). The first-order chi connectivity index (χ1) is 8.63. The molecular formula is C14H22FNO2. The van der Waals surface area contributed by atoms with Gasteiger partial charge in [0.2, 0.25) is 0 Å². The molecule has 0 bridgehead atoms. The van der Waals surface area contributed by atoms with Crippen LogP contribution in [0.3, 0.4) is 0 Å². The first-order valence-electron chi connectivity index (χ1n) is 6.24. The van der Waals surface area contributed by atoms with E-state index in [2.05, 4.69) is 19.2 Å². The van der Waals surface area contributed by atoms with Gasteiger partial charge in [-0.1, -0.05) is 19.9 Å². The lowest BCUT2D eigenvalue weighted by molar-refractivity contribution is 0.111. The Hall–Kier alpha value is -1.13. The zero-order valence-electron chi connectivity index (χ0n) is 11.3. The van der Waals surface area contributed by atoms with Crippen LogP contribution in [0.15, 0.2) is 18.2 Å². The average molecular weight is 255 g/mol. The summed E-state index contributed by atoms with van der Waals surface area (Å²) >= 11 is 0. The number of benzene rings is 1. The number of halogens is 1. The molecule has 0 aromatic heterocycles. The summed E-state index contributed by atoms with van der Waals surface area (Å²) in [5.74, 6) is 0.507. The van der Waals surface area contributed by atoms with Crippen LogP contribution in [0.1, 0.15) is 19.4 Å². The van der Waals surface area contributed by atoms with Crippen LogP contribution in [0, 0.1) is 11.7 Å². The Morgan fingerprint density at radius 3 is 2.72 bits per heavy atom. The van der Waals surface area contributed by atoms with Crippen LogP contribution < -0.4 is 10.1 Å². The molecule has 0 aliphatic carbocycles. The first kappa shape index (κ1) is 14.9. The van der Waals surface area contributed by atoms with E-state index >= 15 is 0 Å². The van der Waals surface area contributed by atoms with Gasteiger partial charge in [0, 0.05) is 19.7 Å². The molecule has 4 heteroatoms. The average Bonchev–Trinajstić information content (AvgIpc) is 2.33. The van der Waals surface area contributed by atoms with Crippen LogP contribution in [-0.2, 0) is 11.3 Å². The van der Waals surface area contributed by atoms with Crippen molar-refractivity contribution in [3.05, 3.63) is 29.6 Å². The molecule has 0 aliphatic heterocycles. The lowest BCUT2D eigenvalue weighted by Gasteiger charge is -2.09. The highest BCUT2D eigenvalue weighted by atomic mass is 19.1. The number of methoxy groups -OCH3 is 1. The third-order valence-electron chi connectivity index (χ3n) is 2.42. The van der Waals surface area contributed by atoms with E-state index in [4.69, 9.17) is 9.47 Å². The van der Waals surface area contributed by atoms with Gasteiger partial charge in [-0.15, -0.1) is 0 Å². The van der Waals surface area contributed by atoms with Gasteiger partial charge in [-0.25, -0.2) is 4.39 Å². The Morgan fingerprint density at radius 1 is 1.33 bits per heavy atom. The number of hydrogen-bond donors (Lipinski definition) is 1.